The molecule has 0 radical (unpaired) electrons. The molecule has 90 valence electrons. The molecule has 2 nitrogen and oxygen atoms in total. The van der Waals surface area contributed by atoms with Crippen molar-refractivity contribution in [3.63, 3.8) is 0 Å². The summed E-state index contributed by atoms with van der Waals surface area (Å²) < 4.78 is 5.29. The molecule has 1 aromatic rings. The highest BCUT2D eigenvalue weighted by molar-refractivity contribution is 6.42. The van der Waals surface area contributed by atoms with Crippen LogP contribution >= 0.6 is 35.6 Å². The van der Waals surface area contributed by atoms with Crippen LogP contribution in [0.4, 0.5) is 0 Å². The second-order valence-corrected chi connectivity index (χ2v) is 4.66. The van der Waals surface area contributed by atoms with Gasteiger partial charge in [0.25, 0.3) is 0 Å². The molecule has 2 rings (SSSR count). The van der Waals surface area contributed by atoms with Gasteiger partial charge in [0.2, 0.25) is 0 Å². The van der Waals surface area contributed by atoms with Gasteiger partial charge in [-0.15, -0.1) is 12.4 Å². The van der Waals surface area contributed by atoms with Crippen molar-refractivity contribution >= 4 is 35.6 Å². The van der Waals surface area contributed by atoms with Crippen molar-refractivity contribution in [1.29, 1.82) is 0 Å². The normalized spacial score (nSPS) is 22.5. The number of halogens is 3. The largest absolute Gasteiger partial charge is 0.496 e. The summed E-state index contributed by atoms with van der Waals surface area (Å²) in [4.78, 5) is 0. The van der Waals surface area contributed by atoms with Gasteiger partial charge in [-0.3, -0.25) is 0 Å². The molecule has 2 atom stereocenters. The second-order valence-electron chi connectivity index (χ2n) is 3.85. The fourth-order valence-corrected chi connectivity index (χ4v) is 2.23. The van der Waals surface area contributed by atoms with Crippen molar-refractivity contribution < 1.29 is 4.74 Å². The smallest absolute Gasteiger partial charge is 0.123 e. The zero-order chi connectivity index (χ0) is 11.0. The van der Waals surface area contributed by atoms with E-state index in [-0.39, 0.29) is 12.4 Å². The lowest BCUT2D eigenvalue weighted by atomic mass is 10.1. The fraction of sp³-hybridized carbons (Fsp3) is 0.455. The van der Waals surface area contributed by atoms with Crippen LogP contribution in [-0.2, 0) is 0 Å². The number of nitrogens with two attached hydrogens (primary N) is 1. The SMILES string of the molecule is COc1cc(Cl)c(Cl)cc1C1CC1CN.Cl. The van der Waals surface area contributed by atoms with Gasteiger partial charge in [0.05, 0.1) is 17.2 Å². The van der Waals surface area contributed by atoms with Crippen LogP contribution in [0.5, 0.6) is 5.75 Å². The molecule has 1 saturated carbocycles. The van der Waals surface area contributed by atoms with Gasteiger partial charge in [-0.2, -0.15) is 0 Å². The minimum absolute atomic E-state index is 0. The molecule has 0 aromatic heterocycles. The Labute approximate surface area is 111 Å². The Bertz CT molecular complexity index is 384. The van der Waals surface area contributed by atoms with E-state index in [2.05, 4.69) is 0 Å². The Morgan fingerprint density at radius 1 is 1.38 bits per heavy atom. The lowest BCUT2D eigenvalue weighted by Gasteiger charge is -2.09. The number of benzene rings is 1. The maximum atomic E-state index is 5.99. The molecule has 0 saturated heterocycles. The van der Waals surface area contributed by atoms with E-state index in [4.69, 9.17) is 33.7 Å². The van der Waals surface area contributed by atoms with E-state index in [0.29, 0.717) is 28.4 Å². The first-order valence-electron chi connectivity index (χ1n) is 4.90. The number of ether oxygens (including phenoxy) is 1. The molecule has 0 heterocycles. The number of hydrogen-bond acceptors (Lipinski definition) is 2. The molecule has 1 aliphatic carbocycles. The first-order chi connectivity index (χ1) is 7.17. The van der Waals surface area contributed by atoms with Crippen LogP contribution in [-0.4, -0.2) is 13.7 Å². The van der Waals surface area contributed by atoms with Gasteiger partial charge in [0, 0.05) is 6.07 Å². The minimum atomic E-state index is 0. The molecule has 1 aromatic carbocycles. The average molecular weight is 283 g/mol. The molecule has 1 aliphatic rings. The Balaban J connectivity index is 0.00000128. The summed E-state index contributed by atoms with van der Waals surface area (Å²) in [5.41, 5.74) is 6.75. The third-order valence-corrected chi connectivity index (χ3v) is 3.62. The van der Waals surface area contributed by atoms with Gasteiger partial charge in [0.15, 0.2) is 0 Å². The van der Waals surface area contributed by atoms with E-state index in [1.54, 1.807) is 13.2 Å². The fourth-order valence-electron chi connectivity index (χ4n) is 1.90. The number of hydrogen-bond donors (Lipinski definition) is 1. The Kier molecular flexibility index (Phi) is 4.74. The highest BCUT2D eigenvalue weighted by atomic mass is 35.5. The van der Waals surface area contributed by atoms with Crippen LogP contribution in [0.1, 0.15) is 17.9 Å². The van der Waals surface area contributed by atoms with Crippen LogP contribution in [0.3, 0.4) is 0 Å². The third-order valence-electron chi connectivity index (χ3n) is 2.90. The van der Waals surface area contributed by atoms with Gasteiger partial charge < -0.3 is 10.5 Å². The zero-order valence-corrected chi connectivity index (χ0v) is 11.2. The standard InChI is InChI=1S/C11H13Cl2NO.ClH/c1-15-11-4-10(13)9(12)3-8(11)7-2-6(7)5-14;/h3-4,6-7H,2,5,14H2,1H3;1H. The van der Waals surface area contributed by atoms with Crippen LogP contribution < -0.4 is 10.5 Å². The highest BCUT2D eigenvalue weighted by Gasteiger charge is 2.39. The molecule has 5 heteroatoms. The van der Waals surface area contributed by atoms with E-state index in [1.807, 2.05) is 6.07 Å². The monoisotopic (exact) mass is 281 g/mol. The van der Waals surface area contributed by atoms with Crippen molar-refractivity contribution in [1.82, 2.24) is 0 Å². The third kappa shape index (κ3) is 2.57. The summed E-state index contributed by atoms with van der Waals surface area (Å²) in [6.45, 7) is 0.716. The predicted molar refractivity (Wildman–Crippen MR) is 70.2 cm³/mol. The van der Waals surface area contributed by atoms with Gasteiger partial charge in [-0.05, 0) is 36.4 Å². The predicted octanol–water partition coefficient (Wildman–Crippen LogP) is 3.49. The number of methoxy groups -OCH3 is 1. The molecular formula is C11H14Cl3NO. The highest BCUT2D eigenvalue weighted by Crippen LogP contribution is 2.51. The average Bonchev–Trinajstić information content (AvgIpc) is 3.00. The van der Waals surface area contributed by atoms with Crippen LogP contribution in [0, 0.1) is 5.92 Å². The van der Waals surface area contributed by atoms with E-state index in [1.165, 1.54) is 0 Å². The van der Waals surface area contributed by atoms with Crippen molar-refractivity contribution in [3.8, 4) is 5.75 Å². The van der Waals surface area contributed by atoms with E-state index in [9.17, 15) is 0 Å². The van der Waals surface area contributed by atoms with Gasteiger partial charge >= 0.3 is 0 Å². The van der Waals surface area contributed by atoms with Crippen LogP contribution in [0.25, 0.3) is 0 Å². The first kappa shape index (κ1) is 13.9. The van der Waals surface area contributed by atoms with Crippen LogP contribution in [0.15, 0.2) is 12.1 Å². The summed E-state index contributed by atoms with van der Waals surface area (Å²) in [6, 6.07) is 3.66. The molecule has 0 spiro atoms. The van der Waals surface area contributed by atoms with Gasteiger partial charge in [-0.25, -0.2) is 0 Å². The first-order valence-corrected chi connectivity index (χ1v) is 5.66. The topological polar surface area (TPSA) is 35.2 Å². The summed E-state index contributed by atoms with van der Waals surface area (Å²) >= 11 is 11.9. The van der Waals surface area contributed by atoms with Crippen molar-refractivity contribution in [2.45, 2.75) is 12.3 Å². The van der Waals surface area contributed by atoms with Gasteiger partial charge in [-0.1, -0.05) is 23.2 Å². The molecule has 0 aliphatic heterocycles. The lowest BCUT2D eigenvalue weighted by molar-refractivity contribution is 0.409. The quantitative estimate of drug-likeness (QED) is 0.921. The molecule has 0 amide bonds. The molecule has 16 heavy (non-hydrogen) atoms. The summed E-state index contributed by atoms with van der Waals surface area (Å²) in [5, 5.41) is 1.11. The molecular weight excluding hydrogens is 268 g/mol. The molecule has 2 N–H and O–H groups in total. The Morgan fingerprint density at radius 3 is 2.50 bits per heavy atom. The molecule has 1 fully saturated rings. The zero-order valence-electron chi connectivity index (χ0n) is 8.87. The Hall–Kier alpha value is -0.150. The van der Waals surface area contributed by atoms with E-state index < -0.39 is 0 Å². The summed E-state index contributed by atoms with van der Waals surface area (Å²) in [7, 11) is 1.64. The molecule has 2 unspecified atom stereocenters. The summed E-state index contributed by atoms with van der Waals surface area (Å²) in [5.74, 6) is 1.86. The maximum absolute atomic E-state index is 5.99. The van der Waals surface area contributed by atoms with Gasteiger partial charge in [0.1, 0.15) is 5.75 Å². The molecule has 0 bridgehead atoms. The van der Waals surface area contributed by atoms with E-state index in [0.717, 1.165) is 17.7 Å². The van der Waals surface area contributed by atoms with Crippen LogP contribution in [0.2, 0.25) is 10.0 Å². The lowest BCUT2D eigenvalue weighted by Crippen LogP contribution is -2.02. The van der Waals surface area contributed by atoms with E-state index >= 15 is 0 Å². The minimum Gasteiger partial charge on any atom is -0.496 e. The Morgan fingerprint density at radius 2 is 2.00 bits per heavy atom. The van der Waals surface area contributed by atoms with Crippen molar-refractivity contribution in [3.05, 3.63) is 27.7 Å². The maximum Gasteiger partial charge on any atom is 0.123 e. The number of rotatable bonds is 3. The van der Waals surface area contributed by atoms with Crippen molar-refractivity contribution in [2.24, 2.45) is 11.7 Å². The second kappa shape index (κ2) is 5.46. The summed E-state index contributed by atoms with van der Waals surface area (Å²) in [6.07, 6.45) is 1.12. The van der Waals surface area contributed by atoms with Crippen molar-refractivity contribution in [2.75, 3.05) is 13.7 Å².